The minimum atomic E-state index is 0.510. The number of likely N-dealkylation sites (tertiary alicyclic amines) is 1. The summed E-state index contributed by atoms with van der Waals surface area (Å²) in [4.78, 5) is 8.95. The summed E-state index contributed by atoms with van der Waals surface area (Å²) in [5, 5.41) is 8.07. The van der Waals surface area contributed by atoms with Crippen molar-refractivity contribution >= 4 is 5.82 Å². The third-order valence-electron chi connectivity index (χ3n) is 5.63. The lowest BCUT2D eigenvalue weighted by atomic mass is 9.99. The number of nitrogens with one attached hydrogen (secondary N) is 1. The van der Waals surface area contributed by atoms with E-state index in [-0.39, 0.29) is 0 Å². The molecule has 1 fully saturated rings. The molecule has 3 heterocycles. The van der Waals surface area contributed by atoms with Crippen LogP contribution in [0.15, 0.2) is 48.8 Å². The van der Waals surface area contributed by atoms with Gasteiger partial charge in [0.05, 0.1) is 11.3 Å². The number of aryl methyl sites for hydroxylation is 1. The molecule has 1 aliphatic heterocycles. The molecule has 0 saturated carbocycles. The van der Waals surface area contributed by atoms with Gasteiger partial charge in [-0.25, -0.2) is 0 Å². The van der Waals surface area contributed by atoms with Crippen LogP contribution in [0.25, 0.3) is 22.4 Å². The molecule has 0 bridgehead atoms. The second-order valence-electron chi connectivity index (χ2n) is 7.54. The molecular formula is C22H27N5. The van der Waals surface area contributed by atoms with E-state index in [9.17, 15) is 0 Å². The van der Waals surface area contributed by atoms with Gasteiger partial charge in [-0.3, -0.25) is 10.1 Å². The molecule has 27 heavy (non-hydrogen) atoms. The summed E-state index contributed by atoms with van der Waals surface area (Å²) in [6.45, 7) is 4.38. The molecule has 140 valence electrons. The molecule has 1 aliphatic rings. The first kappa shape index (κ1) is 17.7. The van der Waals surface area contributed by atoms with Crippen molar-refractivity contribution in [1.29, 1.82) is 0 Å². The lowest BCUT2D eigenvalue weighted by Crippen LogP contribution is -2.42. The number of pyridine rings is 1. The Kier molecular flexibility index (Phi) is 4.94. The Balaban J connectivity index is 1.77. The molecule has 0 amide bonds. The summed E-state index contributed by atoms with van der Waals surface area (Å²) in [5.41, 5.74) is 5.78. The van der Waals surface area contributed by atoms with Crippen molar-refractivity contribution in [2.75, 3.05) is 32.1 Å². The minimum absolute atomic E-state index is 0.510. The Morgan fingerprint density at radius 3 is 2.33 bits per heavy atom. The van der Waals surface area contributed by atoms with Crippen LogP contribution in [0.5, 0.6) is 0 Å². The van der Waals surface area contributed by atoms with Gasteiger partial charge in [0.1, 0.15) is 0 Å². The van der Waals surface area contributed by atoms with E-state index >= 15 is 0 Å². The third kappa shape index (κ3) is 3.60. The topological polar surface area (TPSA) is 48.1 Å². The molecule has 3 aromatic rings. The first-order valence-electron chi connectivity index (χ1n) is 9.60. The lowest BCUT2D eigenvalue weighted by molar-refractivity contribution is 0.252. The number of nitrogens with zero attached hydrogens (tertiary/aromatic N) is 4. The highest BCUT2D eigenvalue weighted by molar-refractivity contribution is 5.89. The average molecular weight is 361 g/mol. The van der Waals surface area contributed by atoms with Crippen molar-refractivity contribution in [3.05, 3.63) is 54.4 Å². The number of H-pyrrole nitrogens is 1. The number of anilines is 1. The minimum Gasteiger partial charge on any atom is -0.355 e. The second-order valence-corrected chi connectivity index (χ2v) is 7.54. The lowest BCUT2D eigenvalue weighted by Gasteiger charge is -2.35. The van der Waals surface area contributed by atoms with E-state index in [1.54, 1.807) is 0 Å². The van der Waals surface area contributed by atoms with E-state index < -0.39 is 0 Å². The first-order chi connectivity index (χ1) is 13.1. The number of rotatable bonds is 4. The van der Waals surface area contributed by atoms with E-state index in [4.69, 9.17) is 5.10 Å². The Morgan fingerprint density at radius 1 is 1.00 bits per heavy atom. The smallest absolute Gasteiger partial charge is 0.158 e. The molecule has 0 radical (unpaired) electrons. The third-order valence-corrected chi connectivity index (χ3v) is 5.63. The zero-order valence-corrected chi connectivity index (χ0v) is 16.3. The van der Waals surface area contributed by atoms with Gasteiger partial charge < -0.3 is 9.80 Å². The van der Waals surface area contributed by atoms with Crippen LogP contribution in [0.4, 0.5) is 5.82 Å². The van der Waals surface area contributed by atoms with Crippen LogP contribution in [0.1, 0.15) is 18.4 Å². The van der Waals surface area contributed by atoms with Crippen molar-refractivity contribution in [2.45, 2.75) is 25.8 Å². The molecule has 1 saturated heterocycles. The number of aromatic nitrogens is 3. The van der Waals surface area contributed by atoms with Crippen molar-refractivity contribution in [3.8, 4) is 22.4 Å². The quantitative estimate of drug-likeness (QED) is 0.764. The molecule has 0 aliphatic carbocycles. The Hall–Kier alpha value is -2.66. The molecule has 4 rings (SSSR count). The van der Waals surface area contributed by atoms with Gasteiger partial charge in [0, 0.05) is 31.0 Å². The highest BCUT2D eigenvalue weighted by Gasteiger charge is 2.26. The van der Waals surface area contributed by atoms with Crippen molar-refractivity contribution in [1.82, 2.24) is 20.1 Å². The van der Waals surface area contributed by atoms with Gasteiger partial charge in [-0.05, 0) is 57.6 Å². The van der Waals surface area contributed by atoms with Gasteiger partial charge >= 0.3 is 0 Å². The van der Waals surface area contributed by atoms with Crippen LogP contribution in [0.2, 0.25) is 0 Å². The van der Waals surface area contributed by atoms with E-state index in [0.29, 0.717) is 6.04 Å². The summed E-state index contributed by atoms with van der Waals surface area (Å²) in [5.74, 6) is 1.02. The number of benzene rings is 1. The summed E-state index contributed by atoms with van der Waals surface area (Å²) in [6.07, 6.45) is 6.02. The molecule has 1 N–H and O–H groups in total. The van der Waals surface area contributed by atoms with Crippen molar-refractivity contribution in [3.63, 3.8) is 0 Å². The highest BCUT2D eigenvalue weighted by atomic mass is 15.3. The fourth-order valence-corrected chi connectivity index (χ4v) is 3.86. The molecule has 5 nitrogen and oxygen atoms in total. The predicted octanol–water partition coefficient (Wildman–Crippen LogP) is 3.98. The number of hydrogen-bond acceptors (Lipinski definition) is 4. The standard InChI is InChI=1S/C22H27N5/c1-16-4-6-18(7-5-16)21-20(17-8-12-23-13-9-17)22(25-24-21)27(3)19-10-14-26(2)15-11-19/h4-9,12-13,19H,10-11,14-15H2,1-3H3,(H,24,25). The summed E-state index contributed by atoms with van der Waals surface area (Å²) in [6, 6.07) is 13.2. The fraction of sp³-hybridized carbons (Fsp3) is 0.364. The van der Waals surface area contributed by atoms with Gasteiger partial charge in [-0.1, -0.05) is 29.8 Å². The fourth-order valence-electron chi connectivity index (χ4n) is 3.86. The zero-order valence-electron chi connectivity index (χ0n) is 16.3. The predicted molar refractivity (Wildman–Crippen MR) is 111 cm³/mol. The molecule has 0 unspecified atom stereocenters. The van der Waals surface area contributed by atoms with Crippen molar-refractivity contribution in [2.24, 2.45) is 0 Å². The van der Waals surface area contributed by atoms with E-state index in [1.807, 2.05) is 12.4 Å². The van der Waals surface area contributed by atoms with Crippen LogP contribution in [-0.2, 0) is 0 Å². The van der Waals surface area contributed by atoms with E-state index in [1.165, 1.54) is 5.56 Å². The first-order valence-corrected chi connectivity index (χ1v) is 9.60. The van der Waals surface area contributed by atoms with E-state index in [0.717, 1.165) is 54.1 Å². The van der Waals surface area contributed by atoms with Gasteiger partial charge in [0.2, 0.25) is 0 Å². The Morgan fingerprint density at radius 2 is 1.67 bits per heavy atom. The second kappa shape index (κ2) is 7.53. The van der Waals surface area contributed by atoms with Gasteiger partial charge in [0.25, 0.3) is 0 Å². The van der Waals surface area contributed by atoms with Crippen LogP contribution in [-0.4, -0.2) is 53.3 Å². The SMILES string of the molecule is Cc1ccc(-c2[nH]nc(N(C)C3CCN(C)CC3)c2-c2ccncc2)cc1. The molecule has 0 spiro atoms. The molecule has 0 atom stereocenters. The number of aromatic amines is 1. The van der Waals surface area contributed by atoms with Gasteiger partial charge in [-0.15, -0.1) is 0 Å². The normalized spacial score (nSPS) is 15.8. The molecule has 2 aromatic heterocycles. The summed E-state index contributed by atoms with van der Waals surface area (Å²) < 4.78 is 0. The zero-order chi connectivity index (χ0) is 18.8. The number of hydrogen-bond donors (Lipinski definition) is 1. The maximum absolute atomic E-state index is 4.75. The molecule has 1 aromatic carbocycles. The van der Waals surface area contributed by atoms with Crippen LogP contribution < -0.4 is 4.90 Å². The summed E-state index contributed by atoms with van der Waals surface area (Å²) >= 11 is 0. The average Bonchev–Trinajstić information content (AvgIpc) is 3.14. The largest absolute Gasteiger partial charge is 0.355 e. The molecular weight excluding hydrogens is 334 g/mol. The van der Waals surface area contributed by atoms with Crippen molar-refractivity contribution < 1.29 is 0 Å². The maximum Gasteiger partial charge on any atom is 0.158 e. The van der Waals surface area contributed by atoms with Gasteiger partial charge in [-0.2, -0.15) is 5.10 Å². The Labute approximate surface area is 161 Å². The maximum atomic E-state index is 4.75. The molecule has 5 heteroatoms. The van der Waals surface area contributed by atoms with Gasteiger partial charge in [0.15, 0.2) is 5.82 Å². The summed E-state index contributed by atoms with van der Waals surface area (Å²) in [7, 11) is 4.37. The monoisotopic (exact) mass is 361 g/mol. The van der Waals surface area contributed by atoms with Crippen LogP contribution in [0, 0.1) is 6.92 Å². The highest BCUT2D eigenvalue weighted by Crippen LogP contribution is 2.38. The number of piperidine rings is 1. The Bertz CT molecular complexity index is 877. The van der Waals surface area contributed by atoms with E-state index in [2.05, 4.69) is 77.3 Å². The van der Waals surface area contributed by atoms with Crippen LogP contribution in [0.3, 0.4) is 0 Å². The van der Waals surface area contributed by atoms with Crippen LogP contribution >= 0.6 is 0 Å².